The lowest BCUT2D eigenvalue weighted by molar-refractivity contribution is -0.243. The Balaban J connectivity index is 1.98. The molecule has 0 aromatic heterocycles. The van der Waals surface area contributed by atoms with Crippen LogP contribution in [0.15, 0.2) is 0 Å². The number of rotatable bonds is 13. The van der Waals surface area contributed by atoms with Crippen LogP contribution in [0, 0.1) is 5.92 Å². The van der Waals surface area contributed by atoms with Gasteiger partial charge in [0, 0.05) is 18.9 Å². The largest absolute Gasteiger partial charge is 0.390 e. The van der Waals surface area contributed by atoms with Crippen molar-refractivity contribution in [2.45, 2.75) is 57.2 Å². The van der Waals surface area contributed by atoms with Gasteiger partial charge in [0.2, 0.25) is 5.91 Å². The number of unbranched alkanes of at least 4 members (excludes halogenated alkanes) is 1. The highest BCUT2D eigenvalue weighted by atomic mass is 16.6. The number of carbonyl (C=O) groups excluding carboxylic acids is 1. The van der Waals surface area contributed by atoms with Crippen LogP contribution >= 0.6 is 0 Å². The third-order valence-corrected chi connectivity index (χ3v) is 4.29. The summed E-state index contributed by atoms with van der Waals surface area (Å²) in [6.07, 6.45) is -1.28. The van der Waals surface area contributed by atoms with Gasteiger partial charge in [0.1, 0.15) is 12.2 Å². The normalized spacial score (nSPS) is 27.3. The fourth-order valence-corrected chi connectivity index (χ4v) is 2.64. The molecule has 1 aliphatic rings. The lowest BCUT2D eigenvalue weighted by atomic mass is 10.0. The van der Waals surface area contributed by atoms with Crippen molar-refractivity contribution >= 4 is 5.91 Å². The van der Waals surface area contributed by atoms with Crippen molar-refractivity contribution in [3.8, 4) is 0 Å². The van der Waals surface area contributed by atoms with Crippen molar-refractivity contribution in [3.05, 3.63) is 0 Å². The summed E-state index contributed by atoms with van der Waals surface area (Å²) in [6.45, 7) is 4.02. The SMILES string of the molecule is CC(CCCCN)C(=O)NCCOCCOCC1O[C@@H](O)CC(O)[C@@H]1O. The fourth-order valence-electron chi connectivity index (χ4n) is 2.64. The minimum absolute atomic E-state index is 0.0157. The predicted molar refractivity (Wildman–Crippen MR) is 94.2 cm³/mol. The smallest absolute Gasteiger partial charge is 0.222 e. The van der Waals surface area contributed by atoms with Gasteiger partial charge < -0.3 is 40.6 Å². The molecule has 0 aliphatic carbocycles. The van der Waals surface area contributed by atoms with Gasteiger partial charge in [0.25, 0.3) is 0 Å². The molecule has 9 nitrogen and oxygen atoms in total. The lowest BCUT2D eigenvalue weighted by Crippen LogP contribution is -2.50. The monoisotopic (exact) mass is 378 g/mol. The molecule has 1 fully saturated rings. The van der Waals surface area contributed by atoms with Gasteiger partial charge in [-0.1, -0.05) is 13.3 Å². The fraction of sp³-hybridized carbons (Fsp3) is 0.941. The van der Waals surface area contributed by atoms with Crippen LogP contribution in [0.5, 0.6) is 0 Å². The first-order chi connectivity index (χ1) is 12.5. The zero-order chi connectivity index (χ0) is 19.4. The number of hydrogen-bond donors (Lipinski definition) is 5. The Bertz CT molecular complexity index is 386. The Labute approximate surface area is 154 Å². The minimum atomic E-state index is -1.10. The van der Waals surface area contributed by atoms with Crippen molar-refractivity contribution in [1.29, 1.82) is 0 Å². The second-order valence-electron chi connectivity index (χ2n) is 6.59. The van der Waals surface area contributed by atoms with E-state index in [-0.39, 0.29) is 31.5 Å². The first-order valence-electron chi connectivity index (χ1n) is 9.28. The molecule has 3 unspecified atom stereocenters. The second-order valence-corrected chi connectivity index (χ2v) is 6.59. The van der Waals surface area contributed by atoms with E-state index in [9.17, 15) is 20.1 Å². The van der Waals surface area contributed by atoms with Crippen molar-refractivity contribution in [3.63, 3.8) is 0 Å². The third-order valence-electron chi connectivity index (χ3n) is 4.29. The van der Waals surface area contributed by atoms with Crippen molar-refractivity contribution in [2.75, 3.05) is 39.5 Å². The van der Waals surface area contributed by atoms with Gasteiger partial charge in [-0.2, -0.15) is 0 Å². The maximum Gasteiger partial charge on any atom is 0.222 e. The van der Waals surface area contributed by atoms with Crippen LogP contribution in [-0.4, -0.2) is 85.3 Å². The standard InChI is InChI=1S/C17H34N2O7/c1-12(4-2-3-5-18)17(23)19-6-7-24-8-9-25-11-14-16(22)13(20)10-15(21)26-14/h12-16,20-22H,2-11,18H2,1H3,(H,19,23)/t12?,13?,14?,15-,16+/m1/s1. The van der Waals surface area contributed by atoms with Crippen LogP contribution in [0.3, 0.4) is 0 Å². The van der Waals surface area contributed by atoms with E-state index in [2.05, 4.69) is 5.32 Å². The molecule has 26 heavy (non-hydrogen) atoms. The topological polar surface area (TPSA) is 144 Å². The summed E-state index contributed by atoms with van der Waals surface area (Å²) in [5.74, 6) is -0.0140. The molecule has 5 atom stereocenters. The molecular weight excluding hydrogens is 344 g/mol. The summed E-state index contributed by atoms with van der Waals surface area (Å²) in [7, 11) is 0. The molecule has 1 amide bonds. The molecule has 0 bridgehead atoms. The van der Waals surface area contributed by atoms with Crippen LogP contribution in [0.4, 0.5) is 0 Å². The molecule has 1 saturated heterocycles. The maximum atomic E-state index is 11.8. The Hall–Kier alpha value is -0.810. The van der Waals surface area contributed by atoms with E-state index >= 15 is 0 Å². The summed E-state index contributed by atoms with van der Waals surface area (Å²) in [6, 6.07) is 0. The van der Waals surface area contributed by atoms with Gasteiger partial charge >= 0.3 is 0 Å². The first kappa shape index (κ1) is 23.2. The number of ether oxygens (including phenoxy) is 3. The Morgan fingerprint density at radius 1 is 1.23 bits per heavy atom. The molecule has 0 spiro atoms. The molecule has 1 aliphatic heterocycles. The highest BCUT2D eigenvalue weighted by Crippen LogP contribution is 2.19. The molecule has 1 heterocycles. The second kappa shape index (κ2) is 13.4. The quantitative estimate of drug-likeness (QED) is 0.250. The highest BCUT2D eigenvalue weighted by molar-refractivity contribution is 5.78. The number of aliphatic hydroxyl groups is 3. The Morgan fingerprint density at radius 2 is 1.96 bits per heavy atom. The van der Waals surface area contributed by atoms with Crippen LogP contribution < -0.4 is 11.1 Å². The van der Waals surface area contributed by atoms with Gasteiger partial charge in [-0.05, 0) is 19.4 Å². The zero-order valence-corrected chi connectivity index (χ0v) is 15.5. The Kier molecular flexibility index (Phi) is 11.9. The van der Waals surface area contributed by atoms with Gasteiger partial charge in [0.05, 0.1) is 32.5 Å². The average molecular weight is 378 g/mol. The van der Waals surface area contributed by atoms with Gasteiger partial charge in [-0.15, -0.1) is 0 Å². The molecule has 0 aromatic rings. The number of aliphatic hydroxyl groups excluding tert-OH is 3. The van der Waals surface area contributed by atoms with Crippen LogP contribution in [0.25, 0.3) is 0 Å². The number of carbonyl (C=O) groups is 1. The summed E-state index contributed by atoms with van der Waals surface area (Å²) in [5, 5.41) is 31.5. The van der Waals surface area contributed by atoms with Crippen molar-refractivity contribution in [1.82, 2.24) is 5.32 Å². The van der Waals surface area contributed by atoms with Crippen LogP contribution in [0.1, 0.15) is 32.6 Å². The molecule has 0 aromatic carbocycles. The molecule has 6 N–H and O–H groups in total. The van der Waals surface area contributed by atoms with E-state index in [1.54, 1.807) is 0 Å². The first-order valence-corrected chi connectivity index (χ1v) is 9.28. The van der Waals surface area contributed by atoms with Crippen molar-refractivity contribution in [2.24, 2.45) is 11.7 Å². The number of amides is 1. The highest BCUT2D eigenvalue weighted by Gasteiger charge is 2.35. The van der Waals surface area contributed by atoms with E-state index in [0.29, 0.717) is 26.3 Å². The maximum absolute atomic E-state index is 11.8. The third kappa shape index (κ3) is 9.22. The summed E-state index contributed by atoms with van der Waals surface area (Å²) in [5.41, 5.74) is 5.43. The molecule has 154 valence electrons. The summed E-state index contributed by atoms with van der Waals surface area (Å²) in [4.78, 5) is 11.8. The van der Waals surface area contributed by atoms with Crippen molar-refractivity contribution < 1.29 is 34.3 Å². The van der Waals surface area contributed by atoms with E-state index < -0.39 is 24.6 Å². The molecular formula is C17H34N2O7. The van der Waals surface area contributed by atoms with Gasteiger partial charge in [0.15, 0.2) is 6.29 Å². The van der Waals surface area contributed by atoms with E-state index in [1.807, 2.05) is 6.92 Å². The van der Waals surface area contributed by atoms with E-state index in [4.69, 9.17) is 19.9 Å². The number of nitrogens with two attached hydrogens (primary N) is 1. The predicted octanol–water partition coefficient (Wildman–Crippen LogP) is -1.27. The molecule has 0 radical (unpaired) electrons. The molecule has 9 heteroatoms. The number of nitrogens with one attached hydrogen (secondary N) is 1. The van der Waals surface area contributed by atoms with Gasteiger partial charge in [-0.25, -0.2) is 0 Å². The zero-order valence-electron chi connectivity index (χ0n) is 15.5. The lowest BCUT2D eigenvalue weighted by Gasteiger charge is -2.34. The average Bonchev–Trinajstić information content (AvgIpc) is 2.60. The Morgan fingerprint density at radius 3 is 2.69 bits per heavy atom. The van der Waals surface area contributed by atoms with E-state index in [0.717, 1.165) is 19.3 Å². The molecule has 1 rings (SSSR count). The minimum Gasteiger partial charge on any atom is -0.390 e. The molecule has 0 saturated carbocycles. The summed E-state index contributed by atoms with van der Waals surface area (Å²) >= 11 is 0. The van der Waals surface area contributed by atoms with Crippen LogP contribution in [-0.2, 0) is 19.0 Å². The number of hydrogen-bond acceptors (Lipinski definition) is 8. The van der Waals surface area contributed by atoms with Gasteiger partial charge in [-0.3, -0.25) is 4.79 Å². The summed E-state index contributed by atoms with van der Waals surface area (Å²) < 4.78 is 15.8. The van der Waals surface area contributed by atoms with E-state index in [1.165, 1.54) is 0 Å². The van der Waals surface area contributed by atoms with Crippen LogP contribution in [0.2, 0.25) is 0 Å².